The third-order valence-corrected chi connectivity index (χ3v) is 4.88. The molecular weight excluding hydrogens is 328 g/mol. The molecule has 0 unspecified atom stereocenters. The van der Waals surface area contributed by atoms with Gasteiger partial charge >= 0.3 is 0 Å². The number of piperazine rings is 1. The Hall–Kier alpha value is -2.89. The van der Waals surface area contributed by atoms with Gasteiger partial charge in [0.1, 0.15) is 0 Å². The molecule has 6 nitrogen and oxygen atoms in total. The van der Waals surface area contributed by atoms with Crippen molar-refractivity contribution in [3.63, 3.8) is 0 Å². The summed E-state index contributed by atoms with van der Waals surface area (Å²) in [5.41, 5.74) is 4.72. The van der Waals surface area contributed by atoms with Crippen LogP contribution in [0.3, 0.4) is 0 Å². The number of hydrogen-bond acceptors (Lipinski definition) is 4. The first-order chi connectivity index (χ1) is 12.5. The number of carbonyl (C=O) groups excluding carboxylic acids is 2. The minimum atomic E-state index is -0.0506. The van der Waals surface area contributed by atoms with E-state index < -0.39 is 0 Å². The third-order valence-electron chi connectivity index (χ3n) is 4.88. The summed E-state index contributed by atoms with van der Waals surface area (Å²) in [6, 6.07) is 7.91. The number of carbonyl (C=O) groups is 2. The van der Waals surface area contributed by atoms with E-state index >= 15 is 0 Å². The molecule has 1 saturated heterocycles. The van der Waals surface area contributed by atoms with Crippen LogP contribution in [0, 0.1) is 13.8 Å². The SMILES string of the molecule is CC(=O)N1CCN(C(=O)c2cncc(Nc3cccc(C)c3C)c2)CC1. The summed E-state index contributed by atoms with van der Waals surface area (Å²) in [6.45, 7) is 7.95. The van der Waals surface area contributed by atoms with Gasteiger partial charge < -0.3 is 15.1 Å². The molecular formula is C20H24N4O2. The third kappa shape index (κ3) is 3.85. The van der Waals surface area contributed by atoms with Crippen molar-refractivity contribution in [3.8, 4) is 0 Å². The molecule has 0 radical (unpaired) electrons. The van der Waals surface area contributed by atoms with E-state index in [4.69, 9.17) is 0 Å². The average molecular weight is 352 g/mol. The average Bonchev–Trinajstić information content (AvgIpc) is 2.65. The zero-order valence-electron chi connectivity index (χ0n) is 15.5. The lowest BCUT2D eigenvalue weighted by atomic mass is 10.1. The van der Waals surface area contributed by atoms with E-state index in [9.17, 15) is 9.59 Å². The van der Waals surface area contributed by atoms with Crippen LogP contribution in [0.25, 0.3) is 0 Å². The van der Waals surface area contributed by atoms with Gasteiger partial charge in [-0.15, -0.1) is 0 Å². The van der Waals surface area contributed by atoms with Gasteiger partial charge in [0, 0.05) is 45.0 Å². The van der Waals surface area contributed by atoms with E-state index in [-0.39, 0.29) is 11.8 Å². The molecule has 1 N–H and O–H groups in total. The van der Waals surface area contributed by atoms with Crippen molar-refractivity contribution >= 4 is 23.2 Å². The number of anilines is 2. The van der Waals surface area contributed by atoms with E-state index in [1.54, 1.807) is 29.1 Å². The van der Waals surface area contributed by atoms with Crippen LogP contribution in [-0.4, -0.2) is 52.8 Å². The second-order valence-corrected chi connectivity index (χ2v) is 6.63. The van der Waals surface area contributed by atoms with Crippen molar-refractivity contribution in [2.24, 2.45) is 0 Å². The first kappa shape index (κ1) is 17.9. The van der Waals surface area contributed by atoms with Crippen molar-refractivity contribution in [2.75, 3.05) is 31.5 Å². The zero-order valence-corrected chi connectivity index (χ0v) is 15.5. The minimum Gasteiger partial charge on any atom is -0.354 e. The molecule has 1 aliphatic rings. The Morgan fingerprint density at radius 2 is 1.73 bits per heavy atom. The summed E-state index contributed by atoms with van der Waals surface area (Å²) in [4.78, 5) is 31.9. The van der Waals surface area contributed by atoms with Crippen molar-refractivity contribution < 1.29 is 9.59 Å². The van der Waals surface area contributed by atoms with E-state index in [1.165, 1.54) is 11.1 Å². The molecule has 136 valence electrons. The smallest absolute Gasteiger partial charge is 0.255 e. The van der Waals surface area contributed by atoms with Gasteiger partial charge in [0.15, 0.2) is 0 Å². The van der Waals surface area contributed by atoms with Gasteiger partial charge in [0.05, 0.1) is 17.4 Å². The Kier molecular flexibility index (Phi) is 5.21. The van der Waals surface area contributed by atoms with E-state index in [0.717, 1.165) is 11.4 Å². The summed E-state index contributed by atoms with van der Waals surface area (Å²) < 4.78 is 0. The lowest BCUT2D eigenvalue weighted by Gasteiger charge is -2.34. The molecule has 0 bridgehead atoms. The number of aryl methyl sites for hydroxylation is 1. The fourth-order valence-electron chi connectivity index (χ4n) is 3.07. The van der Waals surface area contributed by atoms with Crippen molar-refractivity contribution in [2.45, 2.75) is 20.8 Å². The highest BCUT2D eigenvalue weighted by Crippen LogP contribution is 2.23. The van der Waals surface area contributed by atoms with Crippen LogP contribution >= 0.6 is 0 Å². The summed E-state index contributed by atoms with van der Waals surface area (Å²) in [5.74, 6) is 0.00352. The standard InChI is InChI=1S/C20H24N4O2/c1-14-5-4-6-19(15(14)2)22-18-11-17(12-21-13-18)20(26)24-9-7-23(8-10-24)16(3)25/h4-6,11-13,22H,7-10H2,1-3H3. The molecule has 1 aliphatic heterocycles. The van der Waals surface area contributed by atoms with Crippen molar-refractivity contribution in [1.82, 2.24) is 14.8 Å². The lowest BCUT2D eigenvalue weighted by Crippen LogP contribution is -2.50. The van der Waals surface area contributed by atoms with Crippen LogP contribution in [0.2, 0.25) is 0 Å². The molecule has 1 aromatic carbocycles. The Balaban J connectivity index is 1.72. The highest BCUT2D eigenvalue weighted by molar-refractivity contribution is 5.95. The maximum atomic E-state index is 12.8. The molecule has 2 amide bonds. The van der Waals surface area contributed by atoms with Gasteiger partial charge in [0.2, 0.25) is 5.91 Å². The van der Waals surface area contributed by atoms with E-state index in [0.29, 0.717) is 31.7 Å². The lowest BCUT2D eigenvalue weighted by molar-refractivity contribution is -0.130. The molecule has 26 heavy (non-hydrogen) atoms. The molecule has 0 spiro atoms. The largest absolute Gasteiger partial charge is 0.354 e. The fourth-order valence-corrected chi connectivity index (χ4v) is 3.07. The molecule has 0 atom stereocenters. The van der Waals surface area contributed by atoms with Crippen LogP contribution in [0.4, 0.5) is 11.4 Å². The Labute approximate surface area is 153 Å². The van der Waals surface area contributed by atoms with Gasteiger partial charge in [-0.2, -0.15) is 0 Å². The Morgan fingerprint density at radius 3 is 2.42 bits per heavy atom. The van der Waals surface area contributed by atoms with Crippen LogP contribution in [0.15, 0.2) is 36.7 Å². The van der Waals surface area contributed by atoms with Gasteiger partial charge in [-0.3, -0.25) is 14.6 Å². The number of aromatic nitrogens is 1. The van der Waals surface area contributed by atoms with Gasteiger partial charge in [-0.1, -0.05) is 12.1 Å². The molecule has 0 aliphatic carbocycles. The molecule has 2 aromatic rings. The zero-order chi connectivity index (χ0) is 18.7. The quantitative estimate of drug-likeness (QED) is 0.922. The summed E-state index contributed by atoms with van der Waals surface area (Å²) in [7, 11) is 0. The maximum absolute atomic E-state index is 12.8. The number of rotatable bonds is 3. The minimum absolute atomic E-state index is 0.0506. The van der Waals surface area contributed by atoms with Crippen LogP contribution in [0.5, 0.6) is 0 Å². The molecule has 2 heterocycles. The molecule has 0 saturated carbocycles. The molecule has 1 aromatic heterocycles. The Morgan fingerprint density at radius 1 is 1.04 bits per heavy atom. The molecule has 1 fully saturated rings. The number of amides is 2. The summed E-state index contributed by atoms with van der Waals surface area (Å²) in [5, 5.41) is 3.35. The normalized spacial score (nSPS) is 14.3. The highest BCUT2D eigenvalue weighted by Gasteiger charge is 2.23. The van der Waals surface area contributed by atoms with Crippen LogP contribution < -0.4 is 5.32 Å². The number of hydrogen-bond donors (Lipinski definition) is 1. The Bertz CT molecular complexity index is 826. The predicted molar refractivity (Wildman–Crippen MR) is 102 cm³/mol. The number of pyridine rings is 1. The first-order valence-corrected chi connectivity index (χ1v) is 8.79. The maximum Gasteiger partial charge on any atom is 0.255 e. The van der Waals surface area contributed by atoms with Crippen LogP contribution in [0.1, 0.15) is 28.4 Å². The second kappa shape index (κ2) is 7.56. The first-order valence-electron chi connectivity index (χ1n) is 8.79. The van der Waals surface area contributed by atoms with E-state index in [1.807, 2.05) is 18.2 Å². The predicted octanol–water partition coefficient (Wildman–Crippen LogP) is 2.75. The summed E-state index contributed by atoms with van der Waals surface area (Å²) >= 11 is 0. The number of nitrogens with zero attached hydrogens (tertiary/aromatic N) is 3. The number of nitrogens with one attached hydrogen (secondary N) is 1. The van der Waals surface area contributed by atoms with Crippen molar-refractivity contribution in [3.05, 3.63) is 53.3 Å². The highest BCUT2D eigenvalue weighted by atomic mass is 16.2. The molecule has 3 rings (SSSR count). The number of benzene rings is 1. The topological polar surface area (TPSA) is 65.5 Å². The van der Waals surface area contributed by atoms with Gasteiger partial charge in [0.25, 0.3) is 5.91 Å². The second-order valence-electron chi connectivity index (χ2n) is 6.63. The monoisotopic (exact) mass is 352 g/mol. The fraction of sp³-hybridized carbons (Fsp3) is 0.350. The summed E-state index contributed by atoms with van der Waals surface area (Å²) in [6.07, 6.45) is 3.31. The van der Waals surface area contributed by atoms with Gasteiger partial charge in [-0.05, 0) is 37.1 Å². The van der Waals surface area contributed by atoms with Crippen molar-refractivity contribution in [1.29, 1.82) is 0 Å². The van der Waals surface area contributed by atoms with E-state index in [2.05, 4.69) is 30.2 Å². The molecule has 6 heteroatoms. The van der Waals surface area contributed by atoms with Gasteiger partial charge in [-0.25, -0.2) is 0 Å². The van der Waals surface area contributed by atoms with Crippen LogP contribution in [-0.2, 0) is 4.79 Å².